The minimum Gasteiger partial charge on any atom is -0.467 e. The van der Waals surface area contributed by atoms with Gasteiger partial charge in [-0.05, 0) is 72.3 Å². The molecule has 2 aliphatic rings. The molecule has 250 valence electrons. The summed E-state index contributed by atoms with van der Waals surface area (Å²) >= 11 is 0. The number of aliphatic hydroxyl groups excluding tert-OH is 1. The van der Waals surface area contributed by atoms with Gasteiger partial charge in [-0.3, -0.25) is 19.7 Å². The third-order valence-corrected chi connectivity index (χ3v) is 8.13. The second kappa shape index (κ2) is 15.0. The topological polar surface area (TPSA) is 167 Å². The number of aliphatic hydroxyl groups is 1. The van der Waals surface area contributed by atoms with E-state index in [2.05, 4.69) is 16.0 Å². The molecule has 0 aromatic heterocycles. The number of benzene rings is 1. The van der Waals surface area contributed by atoms with Gasteiger partial charge in [-0.1, -0.05) is 36.8 Å². The predicted octanol–water partition coefficient (Wildman–Crippen LogP) is 1.74. The van der Waals surface area contributed by atoms with Gasteiger partial charge in [0.1, 0.15) is 23.7 Å². The Bertz CT molecular complexity index is 1250. The summed E-state index contributed by atoms with van der Waals surface area (Å²) < 4.78 is 10.2. The standard InChI is InChI=1S/C32H49N5O8/c1-8-23(28(41)44-7)34-29(42)32(33-19-22-13-9-12-20(2)18-22)15-11-17-37(32)26(39)24-14-10-16-36(24)27(40)25(21(3)38)35-30(43)45-31(4,5)6/h9,12-13,18,21,23-25,33,38H,8,10-11,14-17,19H2,1-7H3,(H,34,42)(H,35,43). The van der Waals surface area contributed by atoms with Gasteiger partial charge in [0.15, 0.2) is 5.66 Å². The lowest BCUT2D eigenvalue weighted by atomic mass is 10.0. The molecule has 4 N–H and O–H groups in total. The van der Waals surface area contributed by atoms with E-state index in [0.29, 0.717) is 19.3 Å². The Kier molecular flexibility index (Phi) is 12.0. The van der Waals surface area contributed by atoms with Crippen molar-refractivity contribution in [1.82, 2.24) is 25.8 Å². The van der Waals surface area contributed by atoms with Crippen molar-refractivity contribution in [1.29, 1.82) is 0 Å². The average molecular weight is 632 g/mol. The van der Waals surface area contributed by atoms with Crippen LogP contribution in [0.3, 0.4) is 0 Å². The minimum absolute atomic E-state index is 0.235. The minimum atomic E-state index is -1.50. The number of nitrogens with one attached hydrogen (secondary N) is 3. The Morgan fingerprint density at radius 3 is 2.42 bits per heavy atom. The summed E-state index contributed by atoms with van der Waals surface area (Å²) in [6.07, 6.45) is -0.192. The third kappa shape index (κ3) is 8.72. The van der Waals surface area contributed by atoms with Gasteiger partial charge < -0.3 is 35.0 Å². The normalized spacial score (nSPS) is 21.9. The van der Waals surface area contributed by atoms with Crippen LogP contribution >= 0.6 is 0 Å². The predicted molar refractivity (Wildman–Crippen MR) is 166 cm³/mol. The molecule has 0 bridgehead atoms. The molecular formula is C32H49N5O8. The summed E-state index contributed by atoms with van der Waals surface area (Å²) in [7, 11) is 1.25. The fourth-order valence-electron chi connectivity index (χ4n) is 5.90. The number of carbonyl (C=O) groups excluding carboxylic acids is 5. The van der Waals surface area contributed by atoms with Crippen molar-refractivity contribution < 1.29 is 38.6 Å². The van der Waals surface area contributed by atoms with Crippen LogP contribution in [-0.2, 0) is 35.2 Å². The highest BCUT2D eigenvalue weighted by Gasteiger charge is 2.53. The molecule has 2 fully saturated rings. The number of amides is 4. The fourth-order valence-corrected chi connectivity index (χ4v) is 5.90. The summed E-state index contributed by atoms with van der Waals surface area (Å²) in [5, 5.41) is 19.0. The molecule has 5 atom stereocenters. The van der Waals surface area contributed by atoms with E-state index in [-0.39, 0.29) is 32.5 Å². The molecule has 0 aliphatic carbocycles. The lowest BCUT2D eigenvalue weighted by molar-refractivity contribution is -0.155. The van der Waals surface area contributed by atoms with Crippen LogP contribution in [-0.4, -0.2) is 100 Å². The van der Waals surface area contributed by atoms with Gasteiger partial charge >= 0.3 is 12.1 Å². The summed E-state index contributed by atoms with van der Waals surface area (Å²) in [6, 6.07) is 4.59. The first-order chi connectivity index (χ1) is 21.1. The smallest absolute Gasteiger partial charge is 0.408 e. The number of rotatable bonds is 11. The Labute approximate surface area is 265 Å². The number of carbonyl (C=O) groups is 5. The van der Waals surface area contributed by atoms with Gasteiger partial charge in [0.05, 0.1) is 13.2 Å². The molecule has 0 spiro atoms. The monoisotopic (exact) mass is 631 g/mol. The molecule has 2 heterocycles. The van der Waals surface area contributed by atoms with Gasteiger partial charge in [-0.2, -0.15) is 0 Å². The van der Waals surface area contributed by atoms with Crippen LogP contribution < -0.4 is 16.0 Å². The van der Waals surface area contributed by atoms with E-state index in [9.17, 15) is 29.1 Å². The van der Waals surface area contributed by atoms with E-state index in [1.54, 1.807) is 27.7 Å². The highest BCUT2D eigenvalue weighted by molar-refractivity contribution is 5.97. The van der Waals surface area contributed by atoms with Gasteiger partial charge in [0, 0.05) is 19.6 Å². The quantitative estimate of drug-likeness (QED) is 0.266. The number of nitrogens with zero attached hydrogens (tertiary/aromatic N) is 2. The van der Waals surface area contributed by atoms with Crippen molar-refractivity contribution in [2.75, 3.05) is 20.2 Å². The molecule has 4 amide bonds. The highest BCUT2D eigenvalue weighted by atomic mass is 16.6. The number of methoxy groups -OCH3 is 1. The van der Waals surface area contributed by atoms with Gasteiger partial charge in [0.25, 0.3) is 5.91 Å². The maximum atomic E-state index is 14.3. The van der Waals surface area contributed by atoms with Crippen molar-refractivity contribution in [3.8, 4) is 0 Å². The molecule has 0 saturated carbocycles. The Morgan fingerprint density at radius 1 is 1.11 bits per heavy atom. The van der Waals surface area contributed by atoms with Crippen LogP contribution in [0.5, 0.6) is 0 Å². The second-order valence-corrected chi connectivity index (χ2v) is 12.8. The molecule has 1 aromatic rings. The molecule has 2 saturated heterocycles. The third-order valence-electron chi connectivity index (χ3n) is 8.13. The second-order valence-electron chi connectivity index (χ2n) is 12.8. The summed E-state index contributed by atoms with van der Waals surface area (Å²) in [5.41, 5.74) is -0.375. The number of hydrogen-bond donors (Lipinski definition) is 4. The highest BCUT2D eigenvalue weighted by Crippen LogP contribution is 2.32. The van der Waals surface area contributed by atoms with Crippen LogP contribution in [0, 0.1) is 6.92 Å². The van der Waals surface area contributed by atoms with Crippen molar-refractivity contribution >= 4 is 29.8 Å². The van der Waals surface area contributed by atoms with E-state index in [1.165, 1.54) is 23.8 Å². The number of ether oxygens (including phenoxy) is 2. The number of esters is 1. The summed E-state index contributed by atoms with van der Waals surface area (Å²) in [5.74, 6) is -2.18. The van der Waals surface area contributed by atoms with E-state index in [4.69, 9.17) is 9.47 Å². The van der Waals surface area contributed by atoms with Crippen LogP contribution in [0.25, 0.3) is 0 Å². The molecule has 0 radical (unpaired) electrons. The molecule has 1 aromatic carbocycles. The van der Waals surface area contributed by atoms with Crippen molar-refractivity contribution in [2.45, 2.75) is 116 Å². The zero-order valence-electron chi connectivity index (χ0n) is 27.5. The average Bonchev–Trinajstić information content (AvgIpc) is 3.64. The Morgan fingerprint density at radius 2 is 1.82 bits per heavy atom. The van der Waals surface area contributed by atoms with Gasteiger partial charge in [-0.15, -0.1) is 0 Å². The van der Waals surface area contributed by atoms with Gasteiger partial charge in [0.2, 0.25) is 11.8 Å². The fraction of sp³-hybridized carbons (Fsp3) is 0.656. The van der Waals surface area contributed by atoms with Crippen LogP contribution in [0.1, 0.15) is 77.8 Å². The molecular weight excluding hydrogens is 582 g/mol. The van der Waals surface area contributed by atoms with Crippen molar-refractivity contribution in [2.24, 2.45) is 0 Å². The lowest BCUT2D eigenvalue weighted by Crippen LogP contribution is -2.69. The molecule has 13 heteroatoms. The van der Waals surface area contributed by atoms with E-state index in [0.717, 1.165) is 11.1 Å². The molecule has 45 heavy (non-hydrogen) atoms. The summed E-state index contributed by atoms with van der Waals surface area (Å²) in [4.78, 5) is 69.9. The first kappa shape index (κ1) is 35.8. The van der Waals surface area contributed by atoms with Crippen LogP contribution in [0.2, 0.25) is 0 Å². The van der Waals surface area contributed by atoms with Crippen LogP contribution in [0.15, 0.2) is 24.3 Å². The first-order valence-corrected chi connectivity index (χ1v) is 15.6. The van der Waals surface area contributed by atoms with Crippen molar-refractivity contribution in [3.05, 3.63) is 35.4 Å². The van der Waals surface area contributed by atoms with Crippen LogP contribution in [0.4, 0.5) is 4.79 Å². The number of likely N-dealkylation sites (tertiary alicyclic amines) is 2. The van der Waals surface area contributed by atoms with Crippen molar-refractivity contribution in [3.63, 3.8) is 0 Å². The molecule has 2 aliphatic heterocycles. The largest absolute Gasteiger partial charge is 0.467 e. The maximum Gasteiger partial charge on any atom is 0.408 e. The lowest BCUT2D eigenvalue weighted by Gasteiger charge is -2.41. The first-order valence-electron chi connectivity index (χ1n) is 15.6. The van der Waals surface area contributed by atoms with E-state index < -0.39 is 65.3 Å². The number of hydrogen-bond acceptors (Lipinski definition) is 9. The zero-order valence-corrected chi connectivity index (χ0v) is 27.5. The maximum absolute atomic E-state index is 14.3. The van der Waals surface area contributed by atoms with Gasteiger partial charge in [-0.25, -0.2) is 9.59 Å². The number of aryl methyl sites for hydroxylation is 1. The molecule has 5 unspecified atom stereocenters. The Hall–Kier alpha value is -3.71. The van der Waals surface area contributed by atoms with E-state index >= 15 is 0 Å². The SMILES string of the molecule is CCC(NC(=O)C1(NCc2cccc(C)c2)CCCN1C(=O)C1CCCN1C(=O)C(NC(=O)OC(C)(C)C)C(C)O)C(=O)OC. The summed E-state index contributed by atoms with van der Waals surface area (Å²) in [6.45, 7) is 10.9. The zero-order chi connectivity index (χ0) is 33.5. The van der Waals surface area contributed by atoms with E-state index in [1.807, 2.05) is 31.2 Å². The Balaban J connectivity index is 1.91. The number of alkyl carbamates (subject to hydrolysis) is 1. The molecule has 3 rings (SSSR count). The molecule has 13 nitrogen and oxygen atoms in total.